The highest BCUT2D eigenvalue weighted by Gasteiger charge is 2.25. The Morgan fingerprint density at radius 2 is 1.62 bits per heavy atom. The van der Waals surface area contributed by atoms with Crippen LogP contribution >= 0.6 is 0 Å². The topological polar surface area (TPSA) is 0 Å². The van der Waals surface area contributed by atoms with Crippen molar-refractivity contribution in [1.82, 2.24) is 0 Å². The van der Waals surface area contributed by atoms with E-state index in [2.05, 4.69) is 27.7 Å². The van der Waals surface area contributed by atoms with Crippen molar-refractivity contribution in [2.45, 2.75) is 79.1 Å². The summed E-state index contributed by atoms with van der Waals surface area (Å²) in [6.45, 7) is 9.54. The summed E-state index contributed by atoms with van der Waals surface area (Å²) in [7, 11) is 0. The molecule has 0 aliphatic heterocycles. The third-order valence-corrected chi connectivity index (χ3v) is 4.71. The average Bonchev–Trinajstić information content (AvgIpc) is 3.08. The summed E-state index contributed by atoms with van der Waals surface area (Å²) in [5.74, 6) is 4.02. The van der Waals surface area contributed by atoms with Crippen LogP contribution in [-0.4, -0.2) is 0 Å². The van der Waals surface area contributed by atoms with E-state index in [9.17, 15) is 0 Å². The molecule has 1 saturated carbocycles. The highest BCUT2D eigenvalue weighted by atomic mass is 14.3. The van der Waals surface area contributed by atoms with E-state index in [0.717, 1.165) is 23.7 Å². The van der Waals surface area contributed by atoms with E-state index in [1.165, 1.54) is 44.9 Å². The van der Waals surface area contributed by atoms with Gasteiger partial charge in [-0.15, -0.1) is 0 Å². The maximum absolute atomic E-state index is 2.45. The molecule has 1 rings (SSSR count). The molecule has 1 aliphatic rings. The first-order chi connectivity index (χ1) is 7.67. The van der Waals surface area contributed by atoms with Gasteiger partial charge in [-0.25, -0.2) is 0 Å². The molecule has 0 heterocycles. The molecule has 0 spiro atoms. The van der Waals surface area contributed by atoms with Crippen molar-refractivity contribution in [3.63, 3.8) is 0 Å². The van der Waals surface area contributed by atoms with Crippen LogP contribution in [0, 0.1) is 23.7 Å². The summed E-state index contributed by atoms with van der Waals surface area (Å²) < 4.78 is 0. The second kappa shape index (κ2) is 7.35. The predicted octanol–water partition coefficient (Wildman–Crippen LogP) is 5.67. The lowest BCUT2D eigenvalue weighted by Crippen LogP contribution is -2.10. The van der Waals surface area contributed by atoms with Crippen LogP contribution in [0.15, 0.2) is 0 Å². The first-order valence-corrected chi connectivity index (χ1v) is 7.67. The Morgan fingerprint density at radius 1 is 0.938 bits per heavy atom. The fourth-order valence-electron chi connectivity index (χ4n) is 2.80. The van der Waals surface area contributed by atoms with Crippen molar-refractivity contribution >= 4 is 0 Å². The van der Waals surface area contributed by atoms with Crippen molar-refractivity contribution in [3.8, 4) is 0 Å². The van der Waals surface area contributed by atoms with Gasteiger partial charge in [0.1, 0.15) is 0 Å². The summed E-state index contributed by atoms with van der Waals surface area (Å²) in [6, 6.07) is 0. The van der Waals surface area contributed by atoms with Gasteiger partial charge in [0.25, 0.3) is 0 Å². The van der Waals surface area contributed by atoms with E-state index < -0.39 is 0 Å². The van der Waals surface area contributed by atoms with E-state index in [1.54, 1.807) is 6.42 Å². The van der Waals surface area contributed by atoms with Gasteiger partial charge in [-0.3, -0.25) is 0 Å². The van der Waals surface area contributed by atoms with Gasteiger partial charge in [-0.1, -0.05) is 72.6 Å². The molecule has 3 unspecified atom stereocenters. The quantitative estimate of drug-likeness (QED) is 0.473. The fraction of sp³-hybridized carbons (Fsp3) is 1.00. The maximum Gasteiger partial charge on any atom is -0.0411 e. The molecular weight excluding hydrogens is 192 g/mol. The molecule has 1 aliphatic carbocycles. The maximum atomic E-state index is 2.45. The lowest BCUT2D eigenvalue weighted by molar-refractivity contribution is 0.297. The fourth-order valence-corrected chi connectivity index (χ4v) is 2.80. The lowest BCUT2D eigenvalue weighted by Gasteiger charge is -2.22. The number of hydrogen-bond donors (Lipinski definition) is 0. The molecule has 96 valence electrons. The third kappa shape index (κ3) is 5.37. The van der Waals surface area contributed by atoms with Crippen molar-refractivity contribution in [2.75, 3.05) is 0 Å². The summed E-state index contributed by atoms with van der Waals surface area (Å²) in [4.78, 5) is 0. The largest absolute Gasteiger partial charge is 0.0654 e. The Bertz CT molecular complexity index is 169. The SMILES string of the molecule is CCCC(CCC(C)C(C)CC)CC1CC1. The number of hydrogen-bond acceptors (Lipinski definition) is 0. The zero-order valence-electron chi connectivity index (χ0n) is 12.0. The minimum atomic E-state index is 0.920. The minimum absolute atomic E-state index is 0.920. The molecule has 0 amide bonds. The molecular formula is C16H32. The second-order valence-electron chi connectivity index (χ2n) is 6.27. The monoisotopic (exact) mass is 224 g/mol. The average molecular weight is 224 g/mol. The van der Waals surface area contributed by atoms with E-state index in [0.29, 0.717) is 0 Å². The van der Waals surface area contributed by atoms with Crippen LogP contribution in [0.2, 0.25) is 0 Å². The Balaban J connectivity index is 2.19. The highest BCUT2D eigenvalue weighted by molar-refractivity contribution is 4.77. The van der Waals surface area contributed by atoms with Crippen molar-refractivity contribution < 1.29 is 0 Å². The van der Waals surface area contributed by atoms with E-state index >= 15 is 0 Å². The molecule has 0 aromatic carbocycles. The van der Waals surface area contributed by atoms with Crippen LogP contribution in [0.25, 0.3) is 0 Å². The lowest BCUT2D eigenvalue weighted by atomic mass is 9.84. The van der Waals surface area contributed by atoms with Gasteiger partial charge < -0.3 is 0 Å². The molecule has 0 N–H and O–H groups in total. The molecule has 16 heavy (non-hydrogen) atoms. The van der Waals surface area contributed by atoms with Gasteiger partial charge in [-0.05, 0) is 30.1 Å². The van der Waals surface area contributed by atoms with Crippen LogP contribution in [0.5, 0.6) is 0 Å². The normalized spacial score (nSPS) is 21.8. The van der Waals surface area contributed by atoms with Crippen molar-refractivity contribution in [3.05, 3.63) is 0 Å². The van der Waals surface area contributed by atoms with E-state index in [1.807, 2.05) is 0 Å². The minimum Gasteiger partial charge on any atom is -0.0654 e. The molecule has 0 heteroatoms. The smallest absolute Gasteiger partial charge is 0.0411 e. The molecule has 0 bridgehead atoms. The first-order valence-electron chi connectivity index (χ1n) is 7.67. The van der Waals surface area contributed by atoms with Crippen LogP contribution in [0.3, 0.4) is 0 Å². The standard InChI is InChI=1S/C16H32/c1-5-7-15(12-16-10-11-16)9-8-14(4)13(3)6-2/h13-16H,5-12H2,1-4H3. The van der Waals surface area contributed by atoms with E-state index in [4.69, 9.17) is 0 Å². The molecule has 0 aromatic heterocycles. The van der Waals surface area contributed by atoms with Crippen LogP contribution < -0.4 is 0 Å². The Morgan fingerprint density at radius 3 is 2.12 bits per heavy atom. The van der Waals surface area contributed by atoms with Crippen LogP contribution in [0.4, 0.5) is 0 Å². The molecule has 1 fully saturated rings. The summed E-state index contributed by atoms with van der Waals surface area (Å²) >= 11 is 0. The molecule has 0 aromatic rings. The van der Waals surface area contributed by atoms with E-state index in [-0.39, 0.29) is 0 Å². The van der Waals surface area contributed by atoms with Gasteiger partial charge in [0.15, 0.2) is 0 Å². The summed E-state index contributed by atoms with van der Waals surface area (Å²) in [5.41, 5.74) is 0. The Hall–Kier alpha value is 0. The first kappa shape index (κ1) is 14.1. The van der Waals surface area contributed by atoms with Gasteiger partial charge in [0.2, 0.25) is 0 Å². The Labute approximate surface area is 103 Å². The van der Waals surface area contributed by atoms with Crippen molar-refractivity contribution in [1.29, 1.82) is 0 Å². The highest BCUT2D eigenvalue weighted by Crippen LogP contribution is 2.38. The van der Waals surface area contributed by atoms with Crippen LogP contribution in [0.1, 0.15) is 79.1 Å². The van der Waals surface area contributed by atoms with Gasteiger partial charge in [0.05, 0.1) is 0 Å². The van der Waals surface area contributed by atoms with Crippen LogP contribution in [-0.2, 0) is 0 Å². The molecule has 0 nitrogen and oxygen atoms in total. The molecule has 0 saturated heterocycles. The summed E-state index contributed by atoms with van der Waals surface area (Å²) in [5, 5.41) is 0. The Kier molecular flexibility index (Phi) is 6.46. The number of rotatable bonds is 9. The van der Waals surface area contributed by atoms with Gasteiger partial charge >= 0.3 is 0 Å². The zero-order valence-corrected chi connectivity index (χ0v) is 12.0. The molecule has 0 radical (unpaired) electrons. The predicted molar refractivity (Wildman–Crippen MR) is 73.6 cm³/mol. The van der Waals surface area contributed by atoms with Crippen molar-refractivity contribution in [2.24, 2.45) is 23.7 Å². The third-order valence-electron chi connectivity index (χ3n) is 4.71. The zero-order chi connectivity index (χ0) is 12.0. The second-order valence-corrected chi connectivity index (χ2v) is 6.27. The summed E-state index contributed by atoms with van der Waals surface area (Å²) in [6.07, 6.45) is 11.8. The molecule has 3 atom stereocenters. The van der Waals surface area contributed by atoms with Gasteiger partial charge in [0, 0.05) is 0 Å². The van der Waals surface area contributed by atoms with Gasteiger partial charge in [-0.2, -0.15) is 0 Å².